The van der Waals surface area contributed by atoms with Crippen molar-refractivity contribution < 1.29 is 9.59 Å². The fraction of sp³-hybridized carbons (Fsp3) is 0. The summed E-state index contributed by atoms with van der Waals surface area (Å²) in [5.74, 6) is -0.388. The van der Waals surface area contributed by atoms with Crippen LogP contribution in [-0.2, 0) is 0 Å². The first kappa shape index (κ1) is 15.9. The topological polar surface area (TPSA) is 60.2 Å². The van der Waals surface area contributed by atoms with E-state index in [0.29, 0.717) is 27.4 Å². The second-order valence-corrected chi connectivity index (χ2v) is 7.19. The van der Waals surface area contributed by atoms with Gasteiger partial charge in [-0.05, 0) is 36.4 Å². The zero-order valence-corrected chi connectivity index (χ0v) is 14.5. The Labute approximate surface area is 153 Å². The zero-order chi connectivity index (χ0) is 17.6. The Hall–Kier alpha value is -2.56. The molecular weight excluding hydrogens is 354 g/mol. The quantitative estimate of drug-likeness (QED) is 0.516. The van der Waals surface area contributed by atoms with Crippen molar-refractivity contribution in [1.82, 2.24) is 0 Å². The molecule has 4 rings (SSSR count). The fourth-order valence-electron chi connectivity index (χ4n) is 2.92. The Bertz CT molecular complexity index is 1030. The standard InChI is InChI=1S/C20H12ClNO2S/c21-15-5-1-3-13-17(15)19(23)14-4-2-6-16(18(14)20(13)24)25-12-9-7-11(22)8-10-12/h1-10H,22H2. The Morgan fingerprint density at radius 3 is 2.08 bits per heavy atom. The lowest BCUT2D eigenvalue weighted by molar-refractivity contribution is 0.0977. The summed E-state index contributed by atoms with van der Waals surface area (Å²) in [7, 11) is 0. The van der Waals surface area contributed by atoms with E-state index in [1.54, 1.807) is 42.5 Å². The van der Waals surface area contributed by atoms with E-state index in [2.05, 4.69) is 0 Å². The van der Waals surface area contributed by atoms with Crippen molar-refractivity contribution in [3.8, 4) is 0 Å². The van der Waals surface area contributed by atoms with Crippen molar-refractivity contribution in [2.24, 2.45) is 0 Å². The number of nitrogens with two attached hydrogens (primary N) is 1. The molecule has 0 saturated heterocycles. The molecule has 0 heterocycles. The molecule has 5 heteroatoms. The van der Waals surface area contributed by atoms with Crippen LogP contribution < -0.4 is 5.73 Å². The highest BCUT2D eigenvalue weighted by Gasteiger charge is 2.33. The van der Waals surface area contributed by atoms with Gasteiger partial charge in [0, 0.05) is 32.2 Å². The van der Waals surface area contributed by atoms with Crippen LogP contribution >= 0.6 is 23.4 Å². The maximum Gasteiger partial charge on any atom is 0.196 e. The molecule has 0 unspecified atom stereocenters. The van der Waals surface area contributed by atoms with Crippen molar-refractivity contribution >= 4 is 40.6 Å². The lowest BCUT2D eigenvalue weighted by Gasteiger charge is -2.20. The lowest BCUT2D eigenvalue weighted by Crippen LogP contribution is -2.22. The molecular formula is C20H12ClNO2S. The van der Waals surface area contributed by atoms with Gasteiger partial charge in [-0.2, -0.15) is 0 Å². The molecule has 0 amide bonds. The first-order chi connectivity index (χ1) is 12.1. The summed E-state index contributed by atoms with van der Waals surface area (Å²) >= 11 is 7.60. The molecule has 0 radical (unpaired) electrons. The van der Waals surface area contributed by atoms with Gasteiger partial charge in [0.2, 0.25) is 0 Å². The van der Waals surface area contributed by atoms with E-state index in [9.17, 15) is 9.59 Å². The molecule has 1 aliphatic carbocycles. The van der Waals surface area contributed by atoms with E-state index in [1.807, 2.05) is 18.2 Å². The minimum absolute atomic E-state index is 0.175. The van der Waals surface area contributed by atoms with E-state index in [1.165, 1.54) is 11.8 Å². The van der Waals surface area contributed by atoms with Gasteiger partial charge >= 0.3 is 0 Å². The smallest absolute Gasteiger partial charge is 0.196 e. The number of hydrogen-bond acceptors (Lipinski definition) is 4. The molecule has 3 nitrogen and oxygen atoms in total. The average Bonchev–Trinajstić information content (AvgIpc) is 2.61. The number of nitrogen functional groups attached to an aromatic ring is 1. The van der Waals surface area contributed by atoms with Crippen molar-refractivity contribution in [2.45, 2.75) is 9.79 Å². The molecule has 3 aromatic carbocycles. The molecule has 0 bridgehead atoms. The average molecular weight is 366 g/mol. The van der Waals surface area contributed by atoms with Crippen LogP contribution in [0.5, 0.6) is 0 Å². The predicted molar refractivity (Wildman–Crippen MR) is 99.7 cm³/mol. The van der Waals surface area contributed by atoms with Gasteiger partial charge in [-0.3, -0.25) is 9.59 Å². The van der Waals surface area contributed by atoms with Crippen LogP contribution in [0.15, 0.2) is 70.5 Å². The Kier molecular flexibility index (Phi) is 3.86. The summed E-state index contributed by atoms with van der Waals surface area (Å²) in [6.07, 6.45) is 0. The van der Waals surface area contributed by atoms with Crippen molar-refractivity contribution in [3.05, 3.63) is 87.9 Å². The largest absolute Gasteiger partial charge is 0.399 e. The predicted octanol–water partition coefficient (Wildman–Crippen LogP) is 4.85. The Balaban J connectivity index is 1.85. The third kappa shape index (κ3) is 2.64. The molecule has 0 aromatic heterocycles. The maximum absolute atomic E-state index is 13.0. The van der Waals surface area contributed by atoms with Gasteiger partial charge in [0.05, 0.1) is 10.6 Å². The van der Waals surface area contributed by atoms with Crippen LogP contribution in [0.1, 0.15) is 31.8 Å². The van der Waals surface area contributed by atoms with E-state index < -0.39 is 0 Å². The molecule has 25 heavy (non-hydrogen) atoms. The number of rotatable bonds is 2. The summed E-state index contributed by atoms with van der Waals surface area (Å²) in [5.41, 5.74) is 7.87. The second kappa shape index (κ2) is 6.06. The minimum Gasteiger partial charge on any atom is -0.399 e. The molecule has 0 atom stereocenters. The highest BCUT2D eigenvalue weighted by atomic mass is 35.5. The summed E-state index contributed by atoms with van der Waals surface area (Å²) in [6.45, 7) is 0. The number of hydrogen-bond donors (Lipinski definition) is 1. The van der Waals surface area contributed by atoms with Crippen molar-refractivity contribution in [1.29, 1.82) is 0 Å². The number of halogens is 1. The third-order valence-electron chi connectivity index (χ3n) is 4.09. The van der Waals surface area contributed by atoms with E-state index >= 15 is 0 Å². The zero-order valence-electron chi connectivity index (χ0n) is 13.0. The number of anilines is 1. The molecule has 2 N–H and O–H groups in total. The number of benzene rings is 3. The van der Waals surface area contributed by atoms with Crippen LogP contribution in [0.25, 0.3) is 0 Å². The fourth-order valence-corrected chi connectivity index (χ4v) is 4.15. The normalized spacial score (nSPS) is 12.7. The van der Waals surface area contributed by atoms with E-state index in [4.69, 9.17) is 17.3 Å². The Morgan fingerprint density at radius 2 is 1.36 bits per heavy atom. The van der Waals surface area contributed by atoms with Crippen LogP contribution in [-0.4, -0.2) is 11.6 Å². The summed E-state index contributed by atoms with van der Waals surface area (Å²) in [4.78, 5) is 27.6. The minimum atomic E-state index is -0.213. The van der Waals surface area contributed by atoms with Crippen LogP contribution in [0, 0.1) is 0 Å². The monoisotopic (exact) mass is 365 g/mol. The molecule has 0 aliphatic heterocycles. The van der Waals surface area contributed by atoms with Crippen molar-refractivity contribution in [2.75, 3.05) is 5.73 Å². The maximum atomic E-state index is 13.0. The van der Waals surface area contributed by atoms with Gasteiger partial charge < -0.3 is 5.73 Å². The summed E-state index contributed by atoms with van der Waals surface area (Å²) in [6, 6.07) is 17.7. The number of carbonyl (C=O) groups excluding carboxylic acids is 2. The molecule has 3 aromatic rings. The van der Waals surface area contributed by atoms with Crippen LogP contribution in [0.2, 0.25) is 5.02 Å². The van der Waals surface area contributed by atoms with Gasteiger partial charge in [-0.1, -0.05) is 47.6 Å². The van der Waals surface area contributed by atoms with Gasteiger partial charge in [-0.15, -0.1) is 0 Å². The molecule has 1 aliphatic rings. The van der Waals surface area contributed by atoms with Gasteiger partial charge in [0.25, 0.3) is 0 Å². The third-order valence-corrected chi connectivity index (χ3v) is 5.47. The summed E-state index contributed by atoms with van der Waals surface area (Å²) in [5, 5.41) is 0.304. The highest BCUT2D eigenvalue weighted by Crippen LogP contribution is 2.38. The van der Waals surface area contributed by atoms with Gasteiger partial charge in [0.1, 0.15) is 0 Å². The number of carbonyl (C=O) groups is 2. The van der Waals surface area contributed by atoms with Gasteiger partial charge in [-0.25, -0.2) is 0 Å². The first-order valence-corrected chi connectivity index (χ1v) is 8.80. The number of ketones is 2. The molecule has 0 fully saturated rings. The Morgan fingerprint density at radius 1 is 0.760 bits per heavy atom. The number of fused-ring (bicyclic) bond motifs is 2. The summed E-state index contributed by atoms with van der Waals surface area (Å²) < 4.78 is 0. The lowest BCUT2D eigenvalue weighted by atomic mass is 9.84. The first-order valence-electron chi connectivity index (χ1n) is 7.60. The van der Waals surface area contributed by atoms with E-state index in [-0.39, 0.29) is 17.1 Å². The van der Waals surface area contributed by atoms with Crippen molar-refractivity contribution in [3.63, 3.8) is 0 Å². The van der Waals surface area contributed by atoms with Crippen LogP contribution in [0.3, 0.4) is 0 Å². The molecule has 0 spiro atoms. The molecule has 0 saturated carbocycles. The van der Waals surface area contributed by atoms with Gasteiger partial charge in [0.15, 0.2) is 11.6 Å². The molecule has 122 valence electrons. The second-order valence-electron chi connectivity index (χ2n) is 5.67. The van der Waals surface area contributed by atoms with Crippen LogP contribution in [0.4, 0.5) is 5.69 Å². The SMILES string of the molecule is Nc1ccc(Sc2cccc3c2C(=O)c2cccc(Cl)c2C3=O)cc1. The highest BCUT2D eigenvalue weighted by molar-refractivity contribution is 7.99. The van der Waals surface area contributed by atoms with E-state index in [0.717, 1.165) is 9.79 Å².